The Morgan fingerprint density at radius 2 is 1.83 bits per heavy atom. The summed E-state index contributed by atoms with van der Waals surface area (Å²) in [6.45, 7) is 7.92. The zero-order valence-electron chi connectivity index (χ0n) is 17.1. The molecule has 5 nitrogen and oxygen atoms in total. The number of aromatic hydroxyl groups is 1. The summed E-state index contributed by atoms with van der Waals surface area (Å²) in [6, 6.07) is 8.45. The molecule has 3 aromatic rings. The number of ketones is 1. The molecule has 0 saturated carbocycles. The smallest absolute Gasteiger partial charge is 0.163 e. The fourth-order valence-corrected chi connectivity index (χ4v) is 4.10. The van der Waals surface area contributed by atoms with E-state index in [1.807, 2.05) is 18.2 Å². The van der Waals surface area contributed by atoms with E-state index < -0.39 is 5.82 Å². The number of carbonyl (C=O) groups is 1. The van der Waals surface area contributed by atoms with E-state index in [1.54, 1.807) is 25.6 Å². The maximum atomic E-state index is 14.7. The highest BCUT2D eigenvalue weighted by Gasteiger charge is 2.18. The van der Waals surface area contributed by atoms with Crippen LogP contribution in [0.2, 0.25) is 0 Å². The van der Waals surface area contributed by atoms with Crippen LogP contribution in [0.15, 0.2) is 35.2 Å². The minimum Gasteiger partial charge on any atom is -0.505 e. The van der Waals surface area contributed by atoms with Gasteiger partial charge in [0.05, 0.1) is 0 Å². The number of aromatic nitrogens is 3. The third-order valence-corrected chi connectivity index (χ3v) is 6.42. The van der Waals surface area contributed by atoms with Crippen molar-refractivity contribution in [2.75, 3.05) is 0 Å². The molecule has 0 aliphatic carbocycles. The number of nitrogens with zero attached hydrogens (tertiary/aromatic N) is 3. The molecule has 1 aromatic heterocycles. The highest BCUT2D eigenvalue weighted by molar-refractivity contribution is 8.00. The summed E-state index contributed by atoms with van der Waals surface area (Å²) in [5.74, 6) is -1.11. The molecular weight excluding hydrogens is 389 g/mol. The van der Waals surface area contributed by atoms with Gasteiger partial charge in [-0.15, -0.1) is 26.8 Å². The van der Waals surface area contributed by atoms with Gasteiger partial charge in [-0.05, 0) is 48.7 Å². The Morgan fingerprint density at radius 1 is 1.14 bits per heavy atom. The van der Waals surface area contributed by atoms with Gasteiger partial charge in [-0.2, -0.15) is 0 Å². The molecule has 29 heavy (non-hydrogen) atoms. The summed E-state index contributed by atoms with van der Waals surface area (Å²) >= 11 is 1.79. The molecule has 0 unspecified atom stereocenters. The molecule has 2 aromatic carbocycles. The number of carbonyl (C=O) groups excluding carboxylic acids is 1. The maximum absolute atomic E-state index is 14.7. The van der Waals surface area contributed by atoms with E-state index in [4.69, 9.17) is 0 Å². The van der Waals surface area contributed by atoms with Crippen molar-refractivity contribution >= 4 is 28.6 Å². The molecule has 1 N–H and O–H groups in total. The Hall–Kier alpha value is -2.41. The van der Waals surface area contributed by atoms with Crippen LogP contribution in [0, 0.1) is 11.7 Å². The summed E-state index contributed by atoms with van der Waals surface area (Å²) in [7, 11) is 0. The van der Waals surface area contributed by atoms with Gasteiger partial charge in [0.25, 0.3) is 0 Å². The predicted molar refractivity (Wildman–Crippen MR) is 114 cm³/mol. The summed E-state index contributed by atoms with van der Waals surface area (Å²) in [4.78, 5) is 14.1. The van der Waals surface area contributed by atoms with Gasteiger partial charge in [-0.3, -0.25) is 4.79 Å². The third kappa shape index (κ3) is 4.78. The van der Waals surface area contributed by atoms with Crippen LogP contribution in [0.5, 0.6) is 5.75 Å². The van der Waals surface area contributed by atoms with Crippen LogP contribution in [0.1, 0.15) is 46.1 Å². The summed E-state index contributed by atoms with van der Waals surface area (Å²) in [6.07, 6.45) is 2.24. The molecule has 1 heterocycles. The van der Waals surface area contributed by atoms with Crippen LogP contribution < -0.4 is 0 Å². The van der Waals surface area contributed by atoms with Crippen molar-refractivity contribution in [3.05, 3.63) is 41.7 Å². The van der Waals surface area contributed by atoms with Crippen molar-refractivity contribution in [1.29, 1.82) is 0 Å². The average molecular weight is 416 g/mol. The molecule has 0 aliphatic rings. The lowest BCUT2D eigenvalue weighted by Crippen LogP contribution is -2.11. The van der Waals surface area contributed by atoms with Crippen LogP contribution in [-0.2, 0) is 11.2 Å². The second-order valence-electron chi connectivity index (χ2n) is 7.44. The summed E-state index contributed by atoms with van der Waals surface area (Å²) in [5, 5.41) is 19.6. The second kappa shape index (κ2) is 8.95. The molecule has 7 heteroatoms. The number of Topliss-reactive ketones (excluding diaryl/α,β-unsaturated/α-hetero) is 1. The molecule has 0 fully saturated rings. The molecule has 154 valence electrons. The molecule has 0 radical (unpaired) electrons. The molecular formula is C22H26FN3O2S. The van der Waals surface area contributed by atoms with E-state index in [0.29, 0.717) is 21.8 Å². The van der Waals surface area contributed by atoms with E-state index >= 15 is 0 Å². The Bertz CT molecular complexity index is 1010. The number of thioether (sulfide) groups is 1. The first-order chi connectivity index (χ1) is 13.8. The third-order valence-electron chi connectivity index (χ3n) is 4.89. The van der Waals surface area contributed by atoms with E-state index in [9.17, 15) is 14.3 Å². The van der Waals surface area contributed by atoms with Crippen LogP contribution in [0.25, 0.3) is 16.7 Å². The zero-order chi connectivity index (χ0) is 21.1. The van der Waals surface area contributed by atoms with Crippen molar-refractivity contribution in [3.63, 3.8) is 0 Å². The molecule has 0 amide bonds. The van der Waals surface area contributed by atoms with Crippen LogP contribution in [0.4, 0.5) is 4.39 Å². The monoisotopic (exact) mass is 415 g/mol. The van der Waals surface area contributed by atoms with E-state index in [-0.39, 0.29) is 29.6 Å². The lowest BCUT2D eigenvalue weighted by Gasteiger charge is -2.11. The van der Waals surface area contributed by atoms with Gasteiger partial charge in [0.15, 0.2) is 11.5 Å². The molecule has 0 bridgehead atoms. The fourth-order valence-electron chi connectivity index (χ4n) is 3.06. The fraction of sp³-hybridized carbons (Fsp3) is 0.409. The molecule has 0 spiro atoms. The summed E-state index contributed by atoms with van der Waals surface area (Å²) in [5.41, 5.74) is 1.58. The Balaban J connectivity index is 1.92. The first-order valence-corrected chi connectivity index (χ1v) is 10.8. The van der Waals surface area contributed by atoms with E-state index in [1.165, 1.54) is 12.1 Å². The minimum absolute atomic E-state index is 0.0120. The first-order valence-electron chi connectivity index (χ1n) is 9.90. The predicted octanol–water partition coefficient (Wildman–Crippen LogP) is 5.31. The van der Waals surface area contributed by atoms with E-state index in [0.717, 1.165) is 22.5 Å². The van der Waals surface area contributed by atoms with Gasteiger partial charge in [0.1, 0.15) is 22.6 Å². The Kier molecular flexibility index (Phi) is 6.57. The molecule has 0 saturated heterocycles. The van der Waals surface area contributed by atoms with Gasteiger partial charge in [-0.25, -0.2) is 4.39 Å². The van der Waals surface area contributed by atoms with Crippen molar-refractivity contribution in [2.45, 2.75) is 57.1 Å². The van der Waals surface area contributed by atoms with E-state index in [2.05, 4.69) is 24.0 Å². The van der Waals surface area contributed by atoms with Gasteiger partial charge in [-0.1, -0.05) is 27.7 Å². The summed E-state index contributed by atoms with van der Waals surface area (Å²) < 4.78 is 14.7. The quantitative estimate of drug-likeness (QED) is 0.505. The van der Waals surface area contributed by atoms with Crippen molar-refractivity contribution in [1.82, 2.24) is 15.0 Å². The van der Waals surface area contributed by atoms with Crippen molar-refractivity contribution in [3.8, 4) is 11.4 Å². The number of hydrogen-bond donors (Lipinski definition) is 1. The maximum Gasteiger partial charge on any atom is 0.163 e. The van der Waals surface area contributed by atoms with Crippen molar-refractivity contribution < 1.29 is 14.3 Å². The molecule has 0 atom stereocenters. The number of phenolic OH excluding ortho intramolecular Hbond substituents is 1. The minimum atomic E-state index is -0.663. The van der Waals surface area contributed by atoms with Gasteiger partial charge >= 0.3 is 0 Å². The van der Waals surface area contributed by atoms with Gasteiger partial charge in [0.2, 0.25) is 0 Å². The number of halogens is 1. The lowest BCUT2D eigenvalue weighted by atomic mass is 10.0. The van der Waals surface area contributed by atoms with Gasteiger partial charge in [0, 0.05) is 22.5 Å². The highest BCUT2D eigenvalue weighted by Crippen LogP contribution is 2.31. The Labute approximate surface area is 174 Å². The number of phenols is 1. The molecule has 3 rings (SSSR count). The number of hydrogen-bond acceptors (Lipinski definition) is 5. The number of rotatable bonds is 8. The number of fused-ring (bicyclic) bond motifs is 1. The topological polar surface area (TPSA) is 68.0 Å². The zero-order valence-corrected chi connectivity index (χ0v) is 18.0. The first kappa shape index (κ1) is 21.3. The highest BCUT2D eigenvalue weighted by atomic mass is 32.2. The normalized spacial score (nSPS) is 11.7. The standard InChI is InChI=1S/C22H26FN3O2S/c1-5-15(6-2)29-16-7-8-18-19(12-16)25-26(24-18)22-17(23)9-14(11-21(22)28)10-20(27)13(3)4/h7-9,11-13,15,28H,5-6,10H2,1-4H3. The second-order valence-corrected chi connectivity index (χ2v) is 8.81. The number of benzene rings is 2. The molecule has 0 aliphatic heterocycles. The van der Waals surface area contributed by atoms with Crippen LogP contribution in [-0.4, -0.2) is 31.1 Å². The van der Waals surface area contributed by atoms with Crippen LogP contribution >= 0.6 is 11.8 Å². The largest absolute Gasteiger partial charge is 0.505 e. The average Bonchev–Trinajstić information content (AvgIpc) is 3.07. The Morgan fingerprint density at radius 3 is 2.45 bits per heavy atom. The van der Waals surface area contributed by atoms with Crippen molar-refractivity contribution in [2.24, 2.45) is 5.92 Å². The van der Waals surface area contributed by atoms with Gasteiger partial charge < -0.3 is 5.11 Å². The van der Waals surface area contributed by atoms with Crippen LogP contribution in [0.3, 0.4) is 0 Å². The SMILES string of the molecule is CCC(CC)Sc1ccc2nn(-c3c(O)cc(CC(=O)C(C)C)cc3F)nc2c1. The lowest BCUT2D eigenvalue weighted by molar-refractivity contribution is -0.121.